The summed E-state index contributed by atoms with van der Waals surface area (Å²) in [7, 11) is 3.11. The second-order valence-electron chi connectivity index (χ2n) is 3.95. The zero-order valence-corrected chi connectivity index (χ0v) is 12.8. The highest BCUT2D eigenvalue weighted by atomic mass is 35.5. The Morgan fingerprint density at radius 1 is 1.35 bits per heavy atom. The first-order chi connectivity index (χ1) is 9.62. The highest BCUT2D eigenvalue weighted by molar-refractivity contribution is 6.37. The molecular formula is C14H16Cl2N2O2. The molecule has 0 heterocycles. The van der Waals surface area contributed by atoms with Crippen molar-refractivity contribution in [3.8, 4) is 6.07 Å². The Morgan fingerprint density at radius 3 is 2.45 bits per heavy atom. The Morgan fingerprint density at radius 2 is 1.95 bits per heavy atom. The Bertz CT molecular complexity index is 488. The van der Waals surface area contributed by atoms with Gasteiger partial charge in [-0.25, -0.2) is 0 Å². The van der Waals surface area contributed by atoms with Crippen LogP contribution >= 0.6 is 23.2 Å². The number of nitriles is 1. The monoisotopic (exact) mass is 314 g/mol. The van der Waals surface area contributed by atoms with E-state index in [4.69, 9.17) is 37.9 Å². The standard InChI is InChI=1S/C14H16Cl2N2O2/c1-19-14(20-2)9-18-8-10(7-17)6-11-12(15)4-3-5-13(11)16/h3-6,14,18H,8-9H2,1-2H3/b10-6-. The Kier molecular flexibility index (Phi) is 7.60. The van der Waals surface area contributed by atoms with Gasteiger partial charge in [0.2, 0.25) is 0 Å². The van der Waals surface area contributed by atoms with Crippen molar-refractivity contribution in [2.45, 2.75) is 6.29 Å². The van der Waals surface area contributed by atoms with E-state index in [1.54, 1.807) is 38.5 Å². The van der Waals surface area contributed by atoms with E-state index in [-0.39, 0.29) is 6.29 Å². The Balaban J connectivity index is 2.72. The molecule has 0 aliphatic rings. The molecule has 4 nitrogen and oxygen atoms in total. The van der Waals surface area contributed by atoms with Crippen molar-refractivity contribution in [2.24, 2.45) is 0 Å². The van der Waals surface area contributed by atoms with Crippen molar-refractivity contribution in [1.82, 2.24) is 5.32 Å². The highest BCUT2D eigenvalue weighted by Gasteiger charge is 2.07. The number of halogens is 2. The summed E-state index contributed by atoms with van der Waals surface area (Å²) in [6, 6.07) is 7.33. The van der Waals surface area contributed by atoms with Crippen LogP contribution in [0.25, 0.3) is 6.08 Å². The normalized spacial score (nSPS) is 11.7. The van der Waals surface area contributed by atoms with Crippen molar-refractivity contribution < 1.29 is 9.47 Å². The molecule has 1 rings (SSSR count). The van der Waals surface area contributed by atoms with Crippen LogP contribution in [0.4, 0.5) is 0 Å². The molecule has 0 amide bonds. The smallest absolute Gasteiger partial charge is 0.169 e. The van der Waals surface area contributed by atoms with Crippen LogP contribution < -0.4 is 5.32 Å². The van der Waals surface area contributed by atoms with Crippen molar-refractivity contribution in [3.05, 3.63) is 39.4 Å². The van der Waals surface area contributed by atoms with E-state index in [9.17, 15) is 0 Å². The minimum atomic E-state index is -0.348. The summed E-state index contributed by atoms with van der Waals surface area (Å²) in [5.74, 6) is 0. The highest BCUT2D eigenvalue weighted by Crippen LogP contribution is 2.26. The largest absolute Gasteiger partial charge is 0.355 e. The molecule has 0 saturated carbocycles. The second kappa shape index (κ2) is 8.96. The summed E-state index contributed by atoms with van der Waals surface area (Å²) >= 11 is 12.1. The molecule has 0 unspecified atom stereocenters. The summed E-state index contributed by atoms with van der Waals surface area (Å²) in [6.45, 7) is 0.851. The van der Waals surface area contributed by atoms with Gasteiger partial charge in [0.1, 0.15) is 0 Å². The molecule has 6 heteroatoms. The van der Waals surface area contributed by atoms with Gasteiger partial charge in [0, 0.05) is 48.5 Å². The molecule has 0 radical (unpaired) electrons. The first-order valence-electron chi connectivity index (χ1n) is 5.93. The fraction of sp³-hybridized carbons (Fsp3) is 0.357. The van der Waals surface area contributed by atoms with Crippen molar-refractivity contribution in [3.63, 3.8) is 0 Å². The van der Waals surface area contributed by atoms with Crippen LogP contribution in [0, 0.1) is 11.3 Å². The van der Waals surface area contributed by atoms with E-state index >= 15 is 0 Å². The van der Waals surface area contributed by atoms with E-state index in [2.05, 4.69) is 11.4 Å². The van der Waals surface area contributed by atoms with E-state index in [0.717, 1.165) is 0 Å². The van der Waals surface area contributed by atoms with Gasteiger partial charge in [-0.2, -0.15) is 5.26 Å². The molecule has 0 atom stereocenters. The lowest BCUT2D eigenvalue weighted by molar-refractivity contribution is -0.0983. The maximum Gasteiger partial charge on any atom is 0.169 e. The van der Waals surface area contributed by atoms with Gasteiger partial charge in [-0.15, -0.1) is 0 Å². The average Bonchev–Trinajstić information content (AvgIpc) is 2.45. The van der Waals surface area contributed by atoms with Crippen molar-refractivity contribution in [1.29, 1.82) is 5.26 Å². The van der Waals surface area contributed by atoms with Gasteiger partial charge in [-0.05, 0) is 18.2 Å². The van der Waals surface area contributed by atoms with Crippen LogP contribution in [0.5, 0.6) is 0 Å². The predicted molar refractivity (Wildman–Crippen MR) is 80.7 cm³/mol. The number of nitrogens with one attached hydrogen (secondary N) is 1. The zero-order valence-electron chi connectivity index (χ0n) is 11.3. The van der Waals surface area contributed by atoms with Crippen LogP contribution in [-0.2, 0) is 9.47 Å². The predicted octanol–water partition coefficient (Wildman–Crippen LogP) is 3.11. The fourth-order valence-corrected chi connectivity index (χ4v) is 2.04. The average molecular weight is 315 g/mol. The van der Waals surface area contributed by atoms with Gasteiger partial charge in [-0.3, -0.25) is 0 Å². The Hall–Kier alpha value is -1.09. The van der Waals surface area contributed by atoms with E-state index in [1.807, 2.05) is 0 Å². The number of hydrogen-bond acceptors (Lipinski definition) is 4. The molecule has 0 saturated heterocycles. The lowest BCUT2D eigenvalue weighted by atomic mass is 10.1. The van der Waals surface area contributed by atoms with Gasteiger partial charge in [0.25, 0.3) is 0 Å². The molecule has 0 aliphatic heterocycles. The number of rotatable bonds is 7. The maximum absolute atomic E-state index is 9.14. The number of benzene rings is 1. The molecular weight excluding hydrogens is 299 g/mol. The summed E-state index contributed by atoms with van der Waals surface area (Å²) in [4.78, 5) is 0. The van der Waals surface area contributed by atoms with E-state index in [0.29, 0.717) is 34.3 Å². The first kappa shape index (κ1) is 17.0. The van der Waals surface area contributed by atoms with E-state index < -0.39 is 0 Å². The lowest BCUT2D eigenvalue weighted by Gasteiger charge is -2.13. The van der Waals surface area contributed by atoms with Crippen molar-refractivity contribution in [2.75, 3.05) is 27.3 Å². The van der Waals surface area contributed by atoms with E-state index in [1.165, 1.54) is 0 Å². The molecule has 20 heavy (non-hydrogen) atoms. The van der Waals surface area contributed by atoms with Gasteiger partial charge >= 0.3 is 0 Å². The molecule has 0 aliphatic carbocycles. The number of ether oxygens (including phenoxy) is 2. The maximum atomic E-state index is 9.14. The molecule has 0 fully saturated rings. The van der Waals surface area contributed by atoms with Crippen LogP contribution in [0.15, 0.2) is 23.8 Å². The second-order valence-corrected chi connectivity index (χ2v) is 4.76. The number of methoxy groups -OCH3 is 2. The SMILES string of the molecule is COC(CNC/C(C#N)=C\c1c(Cl)cccc1Cl)OC. The fourth-order valence-electron chi connectivity index (χ4n) is 1.53. The topological polar surface area (TPSA) is 54.3 Å². The van der Waals surface area contributed by atoms with Gasteiger partial charge in [-0.1, -0.05) is 29.3 Å². The molecule has 0 aromatic heterocycles. The minimum absolute atomic E-state index is 0.348. The number of hydrogen-bond donors (Lipinski definition) is 1. The lowest BCUT2D eigenvalue weighted by Crippen LogP contribution is -2.30. The Labute approximate surface area is 128 Å². The third-order valence-corrected chi connectivity index (χ3v) is 3.27. The van der Waals surface area contributed by atoms with Crippen molar-refractivity contribution >= 4 is 29.3 Å². The minimum Gasteiger partial charge on any atom is -0.355 e. The first-order valence-corrected chi connectivity index (χ1v) is 6.69. The van der Waals surface area contributed by atoms with Crippen LogP contribution in [0.3, 0.4) is 0 Å². The van der Waals surface area contributed by atoms with Gasteiger partial charge < -0.3 is 14.8 Å². The summed E-state index contributed by atoms with van der Waals surface area (Å²) in [5.41, 5.74) is 1.16. The molecule has 1 N–H and O–H groups in total. The molecule has 0 bridgehead atoms. The molecule has 1 aromatic rings. The van der Waals surface area contributed by atoms with Crippen LogP contribution in [-0.4, -0.2) is 33.6 Å². The summed E-state index contributed by atoms with van der Waals surface area (Å²) < 4.78 is 10.1. The van der Waals surface area contributed by atoms with Gasteiger partial charge in [0.15, 0.2) is 6.29 Å². The third-order valence-electron chi connectivity index (χ3n) is 2.61. The summed E-state index contributed by atoms with van der Waals surface area (Å²) in [5, 5.41) is 13.2. The molecule has 108 valence electrons. The third kappa shape index (κ3) is 5.12. The zero-order chi connectivity index (χ0) is 15.0. The van der Waals surface area contributed by atoms with Gasteiger partial charge in [0.05, 0.1) is 6.07 Å². The number of nitrogens with zero attached hydrogens (tertiary/aromatic N) is 1. The van der Waals surface area contributed by atoms with Crippen LogP contribution in [0.2, 0.25) is 10.0 Å². The molecule has 0 spiro atoms. The summed E-state index contributed by atoms with van der Waals surface area (Å²) in [6.07, 6.45) is 1.32. The molecule has 1 aromatic carbocycles. The quantitative estimate of drug-likeness (QED) is 0.620. The van der Waals surface area contributed by atoms with Crippen LogP contribution in [0.1, 0.15) is 5.56 Å².